The highest BCUT2D eigenvalue weighted by Gasteiger charge is 2.15. The second-order valence-electron chi connectivity index (χ2n) is 1.05. The van der Waals surface area contributed by atoms with Crippen LogP contribution in [0.15, 0.2) is 20.9 Å². The van der Waals surface area contributed by atoms with Crippen molar-refractivity contribution < 1.29 is 4.42 Å². The number of hydrogen-bond donors (Lipinski definition) is 0. The first-order valence-corrected chi connectivity index (χ1v) is 2.40. The van der Waals surface area contributed by atoms with Crippen LogP contribution < -0.4 is 0 Å². The second-order valence-corrected chi connectivity index (χ2v) is 2.03. The van der Waals surface area contributed by atoms with Gasteiger partial charge in [0.15, 0.2) is 0 Å². The molecule has 0 saturated carbocycles. The standard InChI is InChI=1S/C3HNOS/c1-2-4-3(5-1)6-2/h1H. The van der Waals surface area contributed by atoms with Crippen LogP contribution in [0, 0.1) is 0 Å². The summed E-state index contributed by atoms with van der Waals surface area (Å²) in [5.74, 6) is 0. The number of oxazole rings is 1. The number of fused-ring (bicyclic) bond motifs is 1. The Hall–Kier alpha value is -0.440. The van der Waals surface area contributed by atoms with Crippen molar-refractivity contribution in [2.45, 2.75) is 10.2 Å². The summed E-state index contributed by atoms with van der Waals surface area (Å²) in [4.78, 5) is 3.85. The first kappa shape index (κ1) is 2.69. The first-order chi connectivity index (χ1) is 2.95. The molecule has 0 amide bonds. The minimum Gasteiger partial charge on any atom is -0.438 e. The van der Waals surface area contributed by atoms with E-state index in [0.717, 1.165) is 10.2 Å². The van der Waals surface area contributed by atoms with Crippen molar-refractivity contribution in [2.24, 2.45) is 0 Å². The van der Waals surface area contributed by atoms with Crippen LogP contribution in [0.25, 0.3) is 0 Å². The lowest BCUT2D eigenvalue weighted by atomic mass is 11.0. The van der Waals surface area contributed by atoms with E-state index in [1.807, 2.05) is 0 Å². The Balaban J connectivity index is 2.95. The molecule has 3 heterocycles. The summed E-state index contributed by atoms with van der Waals surface area (Å²) in [7, 11) is 0. The van der Waals surface area contributed by atoms with Gasteiger partial charge >= 0.3 is 0 Å². The Morgan fingerprint density at radius 3 is 2.83 bits per heavy atom. The maximum Gasteiger partial charge on any atom is 0.263 e. The number of hydrogen-bond acceptors (Lipinski definition) is 3. The quantitative estimate of drug-likeness (QED) is 0.495. The summed E-state index contributed by atoms with van der Waals surface area (Å²) in [6, 6.07) is 0. The van der Waals surface area contributed by atoms with Crippen LogP contribution in [-0.2, 0) is 0 Å². The molecular weight excluding hydrogens is 98.1 g/mol. The average Bonchev–Trinajstić information content (AvgIpc) is 1.72. The Kier molecular flexibility index (Phi) is 0.283. The van der Waals surface area contributed by atoms with E-state index in [1.54, 1.807) is 18.0 Å². The molecule has 0 atom stereocenters. The molecule has 0 radical (unpaired) electrons. The van der Waals surface area contributed by atoms with Crippen molar-refractivity contribution in [1.82, 2.24) is 4.98 Å². The Morgan fingerprint density at radius 1 is 1.83 bits per heavy atom. The SMILES string of the molecule is c1oc2nc1S2. The van der Waals surface area contributed by atoms with Crippen molar-refractivity contribution >= 4 is 11.8 Å². The molecule has 6 heavy (non-hydrogen) atoms. The number of nitrogens with zero attached hydrogens (tertiary/aromatic N) is 1. The van der Waals surface area contributed by atoms with Gasteiger partial charge in [0, 0.05) is 0 Å². The summed E-state index contributed by atoms with van der Waals surface area (Å²) in [6.45, 7) is 0. The molecule has 1 aromatic heterocycles. The van der Waals surface area contributed by atoms with Crippen molar-refractivity contribution in [2.75, 3.05) is 0 Å². The predicted octanol–water partition coefficient (Wildman–Crippen LogP) is 1.14. The van der Waals surface area contributed by atoms with E-state index in [1.165, 1.54) is 0 Å². The van der Waals surface area contributed by atoms with Crippen LogP contribution in [0.4, 0.5) is 0 Å². The van der Waals surface area contributed by atoms with Crippen molar-refractivity contribution in [3.05, 3.63) is 6.26 Å². The molecule has 1 aromatic rings. The van der Waals surface area contributed by atoms with Gasteiger partial charge in [0.2, 0.25) is 0 Å². The summed E-state index contributed by atoms with van der Waals surface area (Å²) in [5.41, 5.74) is 0. The van der Waals surface area contributed by atoms with E-state index in [9.17, 15) is 0 Å². The minimum absolute atomic E-state index is 0.796. The fourth-order valence-electron chi connectivity index (χ4n) is 0.388. The van der Waals surface area contributed by atoms with Crippen LogP contribution in [0.5, 0.6) is 0 Å². The summed E-state index contributed by atoms with van der Waals surface area (Å²) in [5, 5.41) is 1.80. The van der Waals surface area contributed by atoms with Crippen LogP contribution >= 0.6 is 11.8 Å². The van der Waals surface area contributed by atoms with E-state index < -0.39 is 0 Å². The number of aromatic nitrogens is 1. The molecule has 2 aliphatic rings. The first-order valence-electron chi connectivity index (χ1n) is 1.58. The van der Waals surface area contributed by atoms with E-state index >= 15 is 0 Å². The van der Waals surface area contributed by atoms with Gasteiger partial charge in [-0.3, -0.25) is 0 Å². The van der Waals surface area contributed by atoms with E-state index in [0.29, 0.717) is 0 Å². The summed E-state index contributed by atoms with van der Waals surface area (Å²) >= 11 is 1.58. The van der Waals surface area contributed by atoms with Crippen LogP contribution in [-0.4, -0.2) is 4.98 Å². The molecule has 0 spiro atoms. The van der Waals surface area contributed by atoms with Gasteiger partial charge in [-0.05, 0) is 11.8 Å². The van der Waals surface area contributed by atoms with Crippen LogP contribution in [0.1, 0.15) is 0 Å². The molecule has 2 aliphatic heterocycles. The number of rotatable bonds is 0. The van der Waals surface area contributed by atoms with Gasteiger partial charge in [-0.1, -0.05) is 0 Å². The molecule has 3 rings (SSSR count). The molecular formula is C3HNOS. The van der Waals surface area contributed by atoms with Crippen LogP contribution in [0.3, 0.4) is 0 Å². The molecule has 0 saturated heterocycles. The van der Waals surface area contributed by atoms with Crippen molar-refractivity contribution in [3.63, 3.8) is 0 Å². The zero-order chi connectivity index (χ0) is 3.98. The minimum atomic E-state index is 0.796. The summed E-state index contributed by atoms with van der Waals surface area (Å²) in [6.07, 6.45) is 1.65. The van der Waals surface area contributed by atoms with Crippen molar-refractivity contribution in [3.8, 4) is 0 Å². The van der Waals surface area contributed by atoms with Gasteiger partial charge in [-0.25, -0.2) is 0 Å². The fourth-order valence-corrected chi connectivity index (χ4v) is 0.899. The van der Waals surface area contributed by atoms with Gasteiger partial charge in [0.1, 0.15) is 11.3 Å². The highest BCUT2D eigenvalue weighted by atomic mass is 32.2. The highest BCUT2D eigenvalue weighted by molar-refractivity contribution is 8.00. The molecule has 0 fully saturated rings. The van der Waals surface area contributed by atoms with E-state index in [-0.39, 0.29) is 0 Å². The molecule has 0 aliphatic carbocycles. The lowest BCUT2D eigenvalue weighted by Crippen LogP contribution is -1.78. The third-order valence-corrected chi connectivity index (χ3v) is 1.41. The molecule has 2 nitrogen and oxygen atoms in total. The van der Waals surface area contributed by atoms with E-state index in [2.05, 4.69) is 4.98 Å². The van der Waals surface area contributed by atoms with Gasteiger partial charge in [-0.2, -0.15) is 4.98 Å². The maximum absolute atomic E-state index is 4.78. The third kappa shape index (κ3) is 0.148. The molecule has 0 unspecified atom stereocenters. The maximum atomic E-state index is 4.78. The Bertz CT molecular complexity index is 147. The molecule has 3 heteroatoms. The average molecular weight is 99.1 g/mol. The smallest absolute Gasteiger partial charge is 0.263 e. The lowest BCUT2D eigenvalue weighted by Gasteiger charge is -1.90. The normalized spacial score (nSPS) is 14.0. The van der Waals surface area contributed by atoms with Gasteiger partial charge in [-0.15, -0.1) is 0 Å². The zero-order valence-corrected chi connectivity index (χ0v) is 3.66. The molecule has 0 aromatic carbocycles. The molecule has 30 valence electrons. The summed E-state index contributed by atoms with van der Waals surface area (Å²) < 4.78 is 4.78. The van der Waals surface area contributed by atoms with Gasteiger partial charge in [0.05, 0.1) is 0 Å². The Morgan fingerprint density at radius 2 is 2.67 bits per heavy atom. The Labute approximate surface area is 38.6 Å². The largest absolute Gasteiger partial charge is 0.438 e. The van der Waals surface area contributed by atoms with Crippen molar-refractivity contribution in [1.29, 1.82) is 0 Å². The predicted molar refractivity (Wildman–Crippen MR) is 20.6 cm³/mol. The van der Waals surface area contributed by atoms with Gasteiger partial charge in [0.25, 0.3) is 5.22 Å². The monoisotopic (exact) mass is 99.0 g/mol. The fraction of sp³-hybridized carbons (Fsp3) is 0. The molecule has 0 N–H and O–H groups in total. The lowest BCUT2D eigenvalue weighted by molar-refractivity contribution is 0.457. The van der Waals surface area contributed by atoms with Crippen LogP contribution in [0.2, 0.25) is 0 Å². The second kappa shape index (κ2) is 0.632. The van der Waals surface area contributed by atoms with E-state index in [4.69, 9.17) is 4.42 Å². The van der Waals surface area contributed by atoms with Gasteiger partial charge < -0.3 is 4.42 Å². The third-order valence-electron chi connectivity index (χ3n) is 0.654. The zero-order valence-electron chi connectivity index (χ0n) is 2.84. The molecule has 2 bridgehead atoms. The highest BCUT2D eigenvalue weighted by Crippen LogP contribution is 2.35. The topological polar surface area (TPSA) is 26.0 Å².